The first-order valence-corrected chi connectivity index (χ1v) is 11.0. The Balaban J connectivity index is 1.46. The third kappa shape index (κ3) is 5.52. The van der Waals surface area contributed by atoms with E-state index in [0.717, 1.165) is 16.7 Å². The third-order valence-corrected chi connectivity index (χ3v) is 5.55. The minimum absolute atomic E-state index is 0.149. The Labute approximate surface area is 198 Å². The molecule has 2 atom stereocenters. The minimum atomic E-state index is -0.552. The zero-order valence-corrected chi connectivity index (χ0v) is 19.0. The molecule has 0 spiro atoms. The molecule has 1 unspecified atom stereocenters. The number of amides is 1. The fourth-order valence-corrected chi connectivity index (χ4v) is 3.60. The summed E-state index contributed by atoms with van der Waals surface area (Å²) in [6.45, 7) is 2.67. The van der Waals surface area contributed by atoms with Gasteiger partial charge in [-0.25, -0.2) is 4.98 Å². The molecule has 34 heavy (non-hydrogen) atoms. The molecule has 1 amide bonds. The van der Waals surface area contributed by atoms with Crippen molar-refractivity contribution in [2.75, 3.05) is 11.9 Å². The number of carbonyl (C=O) groups excluding carboxylic acids is 1. The van der Waals surface area contributed by atoms with Gasteiger partial charge in [-0.3, -0.25) is 9.48 Å². The fraction of sp³-hybridized carbons (Fsp3) is 0.192. The van der Waals surface area contributed by atoms with E-state index in [-0.39, 0.29) is 11.8 Å². The molecule has 170 valence electrons. The van der Waals surface area contributed by atoms with Crippen molar-refractivity contribution < 1.29 is 4.79 Å². The normalized spacial score (nSPS) is 12.5. The minimum Gasteiger partial charge on any atom is -0.309 e. The van der Waals surface area contributed by atoms with Crippen molar-refractivity contribution in [3.63, 3.8) is 0 Å². The summed E-state index contributed by atoms with van der Waals surface area (Å²) in [4.78, 5) is 17.6. The van der Waals surface area contributed by atoms with Crippen LogP contribution in [-0.4, -0.2) is 32.4 Å². The van der Waals surface area contributed by atoms with Gasteiger partial charge in [-0.05, 0) is 41.3 Å². The second-order valence-electron chi connectivity index (χ2n) is 8.09. The molecular weight excluding hydrogens is 426 g/mol. The van der Waals surface area contributed by atoms with Crippen LogP contribution in [0, 0.1) is 11.3 Å². The van der Waals surface area contributed by atoms with Gasteiger partial charge >= 0.3 is 0 Å². The summed E-state index contributed by atoms with van der Waals surface area (Å²) in [5, 5.41) is 23.3. The van der Waals surface area contributed by atoms with E-state index in [1.807, 2.05) is 60.7 Å². The van der Waals surface area contributed by atoms with Crippen molar-refractivity contribution >= 4 is 11.7 Å². The van der Waals surface area contributed by atoms with Crippen molar-refractivity contribution in [3.8, 4) is 17.3 Å². The summed E-state index contributed by atoms with van der Waals surface area (Å²) in [5.74, 6) is 0.412. The van der Waals surface area contributed by atoms with Gasteiger partial charge in [0.15, 0.2) is 0 Å². The molecule has 2 aromatic heterocycles. The molecule has 0 aliphatic rings. The van der Waals surface area contributed by atoms with Gasteiger partial charge < -0.3 is 10.6 Å². The van der Waals surface area contributed by atoms with Crippen molar-refractivity contribution in [1.82, 2.24) is 25.3 Å². The van der Waals surface area contributed by atoms with Crippen LogP contribution in [0.2, 0.25) is 0 Å². The Bertz CT molecular complexity index is 1280. The van der Waals surface area contributed by atoms with Crippen LogP contribution in [0.25, 0.3) is 11.3 Å². The fourth-order valence-electron chi connectivity index (χ4n) is 3.60. The number of benzene rings is 2. The highest BCUT2D eigenvalue weighted by Gasteiger charge is 2.22. The number of anilines is 1. The molecule has 0 fully saturated rings. The Morgan fingerprint density at radius 1 is 1.06 bits per heavy atom. The van der Waals surface area contributed by atoms with Crippen molar-refractivity contribution in [3.05, 3.63) is 95.8 Å². The SMILES string of the molecule is CC(CN[C@H](C(=O)Nc1ccc(-c2cn(C)nn2)cn1)c1ccccc1)c1ccc(C#N)cc1. The molecule has 0 bridgehead atoms. The van der Waals surface area contributed by atoms with Gasteiger partial charge in [0.2, 0.25) is 5.91 Å². The Hall–Kier alpha value is -4.35. The average molecular weight is 452 g/mol. The Kier molecular flexibility index (Phi) is 7.06. The van der Waals surface area contributed by atoms with Gasteiger partial charge in [0.25, 0.3) is 0 Å². The number of carbonyl (C=O) groups is 1. The molecule has 2 N–H and O–H groups in total. The number of aryl methyl sites for hydroxylation is 1. The summed E-state index contributed by atoms with van der Waals surface area (Å²) >= 11 is 0. The second kappa shape index (κ2) is 10.5. The highest BCUT2D eigenvalue weighted by molar-refractivity contribution is 5.94. The van der Waals surface area contributed by atoms with Crippen molar-refractivity contribution in [2.24, 2.45) is 7.05 Å². The molecule has 0 aliphatic carbocycles. The number of hydrogen-bond acceptors (Lipinski definition) is 6. The first kappa shape index (κ1) is 22.8. The van der Waals surface area contributed by atoms with Crippen LogP contribution in [0.4, 0.5) is 5.82 Å². The molecule has 0 saturated heterocycles. The van der Waals surface area contributed by atoms with E-state index in [4.69, 9.17) is 5.26 Å². The molecule has 8 nitrogen and oxygen atoms in total. The second-order valence-corrected chi connectivity index (χ2v) is 8.09. The summed E-state index contributed by atoms with van der Waals surface area (Å²) < 4.78 is 1.63. The van der Waals surface area contributed by atoms with Gasteiger partial charge in [-0.15, -0.1) is 5.10 Å². The van der Waals surface area contributed by atoms with Gasteiger partial charge in [0, 0.05) is 25.4 Å². The third-order valence-electron chi connectivity index (χ3n) is 5.55. The smallest absolute Gasteiger partial charge is 0.247 e. The maximum atomic E-state index is 13.2. The van der Waals surface area contributed by atoms with Crippen LogP contribution >= 0.6 is 0 Å². The molecule has 4 aromatic rings. The van der Waals surface area contributed by atoms with Gasteiger partial charge in [-0.1, -0.05) is 54.6 Å². The van der Waals surface area contributed by atoms with Crippen LogP contribution in [0.3, 0.4) is 0 Å². The lowest BCUT2D eigenvalue weighted by molar-refractivity contribution is -0.118. The molecule has 4 rings (SSSR count). The molecule has 2 heterocycles. The van der Waals surface area contributed by atoms with Crippen LogP contribution < -0.4 is 10.6 Å². The van der Waals surface area contributed by atoms with Crippen molar-refractivity contribution in [2.45, 2.75) is 18.9 Å². The predicted octanol–water partition coefficient (Wildman–Crippen LogP) is 3.82. The monoisotopic (exact) mass is 451 g/mol. The van der Waals surface area contributed by atoms with Gasteiger partial charge in [0.05, 0.1) is 17.8 Å². The summed E-state index contributed by atoms with van der Waals surface area (Å²) in [6, 6.07) is 22.3. The number of hydrogen-bond donors (Lipinski definition) is 2. The molecule has 0 radical (unpaired) electrons. The van der Waals surface area contributed by atoms with E-state index in [2.05, 4.69) is 38.9 Å². The van der Waals surface area contributed by atoms with Crippen LogP contribution in [0.15, 0.2) is 79.1 Å². The molecular formula is C26H25N7O. The van der Waals surface area contributed by atoms with E-state index < -0.39 is 6.04 Å². The molecule has 8 heteroatoms. The summed E-state index contributed by atoms with van der Waals surface area (Å²) in [7, 11) is 1.80. The van der Waals surface area contributed by atoms with E-state index in [9.17, 15) is 4.79 Å². The summed E-state index contributed by atoms with van der Waals surface area (Å²) in [5.41, 5.74) is 4.13. The maximum absolute atomic E-state index is 13.2. The Morgan fingerprint density at radius 2 is 1.82 bits per heavy atom. The lowest BCUT2D eigenvalue weighted by Gasteiger charge is -2.21. The summed E-state index contributed by atoms with van der Waals surface area (Å²) in [6.07, 6.45) is 3.47. The van der Waals surface area contributed by atoms with E-state index in [1.165, 1.54) is 0 Å². The Morgan fingerprint density at radius 3 is 2.44 bits per heavy atom. The maximum Gasteiger partial charge on any atom is 0.247 e. The average Bonchev–Trinajstić information content (AvgIpc) is 3.31. The molecule has 2 aromatic carbocycles. The number of nitriles is 1. The predicted molar refractivity (Wildman–Crippen MR) is 130 cm³/mol. The zero-order chi connectivity index (χ0) is 23.9. The highest BCUT2D eigenvalue weighted by atomic mass is 16.2. The highest BCUT2D eigenvalue weighted by Crippen LogP contribution is 2.21. The van der Waals surface area contributed by atoms with Crippen LogP contribution in [0.5, 0.6) is 0 Å². The molecule has 0 saturated carbocycles. The first-order chi connectivity index (χ1) is 16.5. The van der Waals surface area contributed by atoms with Crippen LogP contribution in [0.1, 0.15) is 35.6 Å². The largest absolute Gasteiger partial charge is 0.309 e. The first-order valence-electron chi connectivity index (χ1n) is 11.0. The van der Waals surface area contributed by atoms with Gasteiger partial charge in [-0.2, -0.15) is 5.26 Å². The van der Waals surface area contributed by atoms with E-state index in [0.29, 0.717) is 23.6 Å². The standard InChI is InChI=1S/C26H25N7O/c1-18(20-10-8-19(14-27)9-11-20)15-29-25(21-6-4-3-5-7-21)26(34)30-24-13-12-22(16-28-24)23-17-33(2)32-31-23/h3-13,16-18,25,29H,15H2,1-2H3,(H,28,30,34)/t18?,25-/m0/s1. The van der Waals surface area contributed by atoms with Crippen LogP contribution in [-0.2, 0) is 11.8 Å². The lowest BCUT2D eigenvalue weighted by Crippen LogP contribution is -2.35. The number of pyridine rings is 1. The molecule has 0 aliphatic heterocycles. The number of aromatic nitrogens is 4. The van der Waals surface area contributed by atoms with E-state index in [1.54, 1.807) is 30.2 Å². The quantitative estimate of drug-likeness (QED) is 0.422. The zero-order valence-electron chi connectivity index (χ0n) is 19.0. The van der Waals surface area contributed by atoms with E-state index >= 15 is 0 Å². The topological polar surface area (TPSA) is 109 Å². The number of nitrogens with one attached hydrogen (secondary N) is 2. The van der Waals surface area contributed by atoms with Crippen molar-refractivity contribution in [1.29, 1.82) is 5.26 Å². The number of nitrogens with zero attached hydrogens (tertiary/aromatic N) is 5. The number of rotatable bonds is 8. The van der Waals surface area contributed by atoms with Gasteiger partial charge in [0.1, 0.15) is 17.6 Å². The lowest BCUT2D eigenvalue weighted by atomic mass is 9.98.